The van der Waals surface area contributed by atoms with E-state index in [1.165, 1.54) is 24.2 Å². The molecule has 1 atom stereocenters. The molecule has 4 heteroatoms. The molecule has 1 N–H and O–H groups in total. The van der Waals surface area contributed by atoms with E-state index in [4.69, 9.17) is 5.11 Å². The Balaban J connectivity index is 2.56. The van der Waals surface area contributed by atoms with Crippen LogP contribution in [0.1, 0.15) is 51.9 Å². The van der Waals surface area contributed by atoms with Gasteiger partial charge in [-0.05, 0) is 19.8 Å². The molecular weight excluding hydrogens is 218 g/mol. The number of amides is 1. The van der Waals surface area contributed by atoms with Crippen molar-refractivity contribution in [3.05, 3.63) is 0 Å². The monoisotopic (exact) mass is 241 g/mol. The highest BCUT2D eigenvalue weighted by molar-refractivity contribution is 5.84. The van der Waals surface area contributed by atoms with E-state index in [2.05, 4.69) is 0 Å². The third-order valence-electron chi connectivity index (χ3n) is 3.74. The molecule has 0 aromatic rings. The fourth-order valence-corrected chi connectivity index (χ4v) is 2.35. The number of hydrogen-bond acceptors (Lipinski definition) is 2. The van der Waals surface area contributed by atoms with E-state index in [0.29, 0.717) is 0 Å². The van der Waals surface area contributed by atoms with Crippen molar-refractivity contribution in [1.29, 1.82) is 0 Å². The molecule has 0 heterocycles. The average Bonchev–Trinajstić information content (AvgIpc) is 2.25. The molecule has 0 aromatic carbocycles. The third kappa shape index (κ3) is 4.02. The summed E-state index contributed by atoms with van der Waals surface area (Å²) in [4.78, 5) is 24.4. The first-order valence-electron chi connectivity index (χ1n) is 6.53. The van der Waals surface area contributed by atoms with Gasteiger partial charge in [-0.2, -0.15) is 0 Å². The minimum atomic E-state index is -0.938. The molecule has 1 unspecified atom stereocenters. The summed E-state index contributed by atoms with van der Waals surface area (Å²) in [5, 5.41) is 8.91. The summed E-state index contributed by atoms with van der Waals surface area (Å²) < 4.78 is 0. The highest BCUT2D eigenvalue weighted by atomic mass is 16.4. The Morgan fingerprint density at radius 3 is 2.06 bits per heavy atom. The normalized spacial score (nSPS) is 20.1. The molecule has 1 rings (SSSR count). The second-order valence-corrected chi connectivity index (χ2v) is 5.01. The lowest BCUT2D eigenvalue weighted by Crippen LogP contribution is -2.43. The quantitative estimate of drug-likeness (QED) is 0.824. The lowest BCUT2D eigenvalue weighted by Gasteiger charge is -2.27. The molecule has 1 aliphatic carbocycles. The van der Waals surface area contributed by atoms with Crippen LogP contribution in [0.15, 0.2) is 0 Å². The predicted octanol–water partition coefficient (Wildman–Crippen LogP) is 2.28. The minimum Gasteiger partial charge on any atom is -0.480 e. The molecule has 0 bridgehead atoms. The fourth-order valence-electron chi connectivity index (χ4n) is 2.35. The molecule has 1 saturated carbocycles. The Hall–Kier alpha value is -1.06. The van der Waals surface area contributed by atoms with E-state index >= 15 is 0 Å². The number of hydrogen-bond donors (Lipinski definition) is 1. The molecule has 1 aliphatic rings. The molecular formula is C13H23NO3. The third-order valence-corrected chi connectivity index (χ3v) is 3.74. The molecule has 1 fully saturated rings. The van der Waals surface area contributed by atoms with Crippen LogP contribution < -0.4 is 0 Å². The van der Waals surface area contributed by atoms with E-state index in [1.54, 1.807) is 14.0 Å². The smallest absolute Gasteiger partial charge is 0.326 e. The number of rotatable bonds is 3. The van der Waals surface area contributed by atoms with Crippen molar-refractivity contribution in [1.82, 2.24) is 4.90 Å². The number of nitrogens with zero attached hydrogens (tertiary/aromatic N) is 1. The first kappa shape index (κ1) is 14.0. The van der Waals surface area contributed by atoms with Gasteiger partial charge < -0.3 is 10.0 Å². The van der Waals surface area contributed by atoms with Gasteiger partial charge in [0.2, 0.25) is 5.91 Å². The largest absolute Gasteiger partial charge is 0.480 e. The van der Waals surface area contributed by atoms with Gasteiger partial charge in [0.15, 0.2) is 0 Å². The number of aliphatic carboxylic acids is 1. The Morgan fingerprint density at radius 2 is 1.59 bits per heavy atom. The molecule has 98 valence electrons. The first-order valence-corrected chi connectivity index (χ1v) is 6.53. The zero-order valence-electron chi connectivity index (χ0n) is 10.8. The van der Waals surface area contributed by atoms with Gasteiger partial charge in [0.1, 0.15) is 6.04 Å². The summed E-state index contributed by atoms with van der Waals surface area (Å²) in [5.41, 5.74) is 0. The van der Waals surface area contributed by atoms with Crippen LogP contribution >= 0.6 is 0 Å². The molecule has 4 nitrogen and oxygen atoms in total. The molecule has 0 saturated heterocycles. The van der Waals surface area contributed by atoms with Crippen molar-refractivity contribution in [2.45, 2.75) is 57.9 Å². The second kappa shape index (κ2) is 6.62. The number of carbonyl (C=O) groups excluding carboxylic acids is 1. The van der Waals surface area contributed by atoms with Crippen LogP contribution in [0.3, 0.4) is 0 Å². The van der Waals surface area contributed by atoms with Crippen LogP contribution in [0, 0.1) is 5.92 Å². The van der Waals surface area contributed by atoms with Crippen molar-refractivity contribution in [2.75, 3.05) is 7.05 Å². The summed E-state index contributed by atoms with van der Waals surface area (Å²) in [7, 11) is 1.60. The maximum Gasteiger partial charge on any atom is 0.326 e. The Bertz CT molecular complexity index is 270. The summed E-state index contributed by atoms with van der Waals surface area (Å²) in [6, 6.07) is -0.729. The van der Waals surface area contributed by atoms with Crippen LogP contribution in [0.4, 0.5) is 0 Å². The van der Waals surface area contributed by atoms with E-state index in [1.807, 2.05) is 0 Å². The summed E-state index contributed by atoms with van der Waals surface area (Å²) in [6.45, 7) is 1.56. The van der Waals surface area contributed by atoms with Gasteiger partial charge in [0.25, 0.3) is 0 Å². The average molecular weight is 241 g/mol. The minimum absolute atomic E-state index is 0.00167. The van der Waals surface area contributed by atoms with Gasteiger partial charge >= 0.3 is 5.97 Å². The van der Waals surface area contributed by atoms with Crippen molar-refractivity contribution in [3.8, 4) is 0 Å². The molecule has 0 aliphatic heterocycles. The van der Waals surface area contributed by atoms with Gasteiger partial charge in [-0.3, -0.25) is 4.79 Å². The molecule has 0 radical (unpaired) electrons. The Labute approximate surface area is 103 Å². The zero-order valence-corrected chi connectivity index (χ0v) is 10.8. The number of carboxylic acids is 1. The van der Waals surface area contributed by atoms with Crippen molar-refractivity contribution in [3.63, 3.8) is 0 Å². The maximum absolute atomic E-state index is 12.2. The fraction of sp³-hybridized carbons (Fsp3) is 0.846. The van der Waals surface area contributed by atoms with E-state index in [9.17, 15) is 9.59 Å². The van der Waals surface area contributed by atoms with Crippen molar-refractivity contribution >= 4 is 11.9 Å². The molecule has 17 heavy (non-hydrogen) atoms. The van der Waals surface area contributed by atoms with Crippen LogP contribution in [0.5, 0.6) is 0 Å². The van der Waals surface area contributed by atoms with Crippen LogP contribution in [-0.4, -0.2) is 35.0 Å². The highest BCUT2D eigenvalue weighted by Gasteiger charge is 2.27. The maximum atomic E-state index is 12.2. The zero-order chi connectivity index (χ0) is 12.8. The number of carboxylic acid groups (broad SMARTS) is 1. The number of carbonyl (C=O) groups is 2. The highest BCUT2D eigenvalue weighted by Crippen LogP contribution is 2.24. The lowest BCUT2D eigenvalue weighted by molar-refractivity contribution is -0.150. The van der Waals surface area contributed by atoms with Crippen LogP contribution in [0.25, 0.3) is 0 Å². The van der Waals surface area contributed by atoms with Crippen molar-refractivity contribution in [2.24, 2.45) is 5.92 Å². The number of likely N-dealkylation sites (N-methyl/N-ethyl adjacent to an activating group) is 1. The van der Waals surface area contributed by atoms with E-state index in [0.717, 1.165) is 25.7 Å². The van der Waals surface area contributed by atoms with E-state index in [-0.39, 0.29) is 11.8 Å². The first-order chi connectivity index (χ1) is 8.04. The van der Waals surface area contributed by atoms with Gasteiger partial charge in [0.05, 0.1) is 0 Å². The van der Waals surface area contributed by atoms with Gasteiger partial charge in [-0.15, -0.1) is 0 Å². The SMILES string of the molecule is CC(C(=O)O)N(C)C(=O)C1CCCCCCC1. The van der Waals surface area contributed by atoms with Gasteiger partial charge in [0, 0.05) is 13.0 Å². The summed E-state index contributed by atoms with van der Waals surface area (Å²) >= 11 is 0. The van der Waals surface area contributed by atoms with Gasteiger partial charge in [-0.1, -0.05) is 32.1 Å². The Kier molecular flexibility index (Phi) is 5.45. The molecule has 0 spiro atoms. The summed E-state index contributed by atoms with van der Waals surface area (Å²) in [5.74, 6) is -0.907. The van der Waals surface area contributed by atoms with E-state index < -0.39 is 12.0 Å². The van der Waals surface area contributed by atoms with Crippen LogP contribution in [-0.2, 0) is 9.59 Å². The van der Waals surface area contributed by atoms with Gasteiger partial charge in [-0.25, -0.2) is 4.79 Å². The standard InChI is InChI=1S/C13H23NO3/c1-10(13(16)17)14(2)12(15)11-8-6-4-3-5-7-9-11/h10-11H,3-9H2,1-2H3,(H,16,17). The van der Waals surface area contributed by atoms with Crippen molar-refractivity contribution < 1.29 is 14.7 Å². The molecule has 0 aromatic heterocycles. The predicted molar refractivity (Wildman–Crippen MR) is 65.7 cm³/mol. The summed E-state index contributed by atoms with van der Waals surface area (Å²) in [6.07, 6.45) is 7.66. The Morgan fingerprint density at radius 1 is 1.12 bits per heavy atom. The molecule has 1 amide bonds. The van der Waals surface area contributed by atoms with Crippen LogP contribution in [0.2, 0.25) is 0 Å². The lowest BCUT2D eigenvalue weighted by atomic mass is 9.90. The second-order valence-electron chi connectivity index (χ2n) is 5.01. The topological polar surface area (TPSA) is 57.6 Å².